The number of nitrogens with zero attached hydrogens (tertiary/aromatic N) is 1. The topological polar surface area (TPSA) is 70.0 Å². The number of benzene rings is 3. The van der Waals surface area contributed by atoms with E-state index in [4.69, 9.17) is 4.74 Å². The zero-order valence-electron chi connectivity index (χ0n) is 20.3. The maximum Gasteiger partial charge on any atom is 0.195 e. The quantitative estimate of drug-likeness (QED) is 0.184. The van der Waals surface area contributed by atoms with Crippen molar-refractivity contribution < 1.29 is 19.7 Å². The highest BCUT2D eigenvalue weighted by Gasteiger charge is 2.22. The highest BCUT2D eigenvalue weighted by molar-refractivity contribution is 7.22. The van der Waals surface area contributed by atoms with Crippen LogP contribution in [0.4, 0.5) is 0 Å². The molecule has 0 saturated carbocycles. The predicted molar refractivity (Wildman–Crippen MR) is 145 cm³/mol. The molecule has 1 aliphatic heterocycles. The normalized spacial score (nSPS) is 13.9. The Kier molecular flexibility index (Phi) is 7.54. The third-order valence-corrected chi connectivity index (χ3v) is 7.93. The number of carbonyl (C=O) groups excluding carboxylic acids is 1. The number of ether oxygens (including phenoxy) is 1. The first-order valence-corrected chi connectivity index (χ1v) is 13.4. The Balaban J connectivity index is 1.27. The molecule has 1 fully saturated rings. The lowest BCUT2D eigenvalue weighted by Gasteiger charge is -2.14. The molecule has 5 nitrogen and oxygen atoms in total. The number of carbonyl (C=O) groups is 1. The van der Waals surface area contributed by atoms with Crippen molar-refractivity contribution in [3.8, 4) is 27.7 Å². The lowest BCUT2D eigenvalue weighted by Crippen LogP contribution is -2.20. The van der Waals surface area contributed by atoms with E-state index in [2.05, 4.69) is 4.90 Å². The van der Waals surface area contributed by atoms with Gasteiger partial charge in [-0.15, -0.1) is 11.3 Å². The van der Waals surface area contributed by atoms with Gasteiger partial charge in [-0.3, -0.25) is 4.79 Å². The summed E-state index contributed by atoms with van der Waals surface area (Å²) in [4.78, 5) is 17.0. The van der Waals surface area contributed by atoms with Gasteiger partial charge in [0, 0.05) is 26.1 Å². The summed E-state index contributed by atoms with van der Waals surface area (Å²) in [7, 11) is 0. The van der Waals surface area contributed by atoms with Gasteiger partial charge < -0.3 is 19.8 Å². The van der Waals surface area contributed by atoms with Crippen molar-refractivity contribution in [2.24, 2.45) is 0 Å². The fraction of sp³-hybridized carbons (Fsp3) is 0.300. The van der Waals surface area contributed by atoms with Gasteiger partial charge in [-0.1, -0.05) is 0 Å². The summed E-state index contributed by atoms with van der Waals surface area (Å²) in [5, 5.41) is 20.5. The molecule has 0 spiro atoms. The van der Waals surface area contributed by atoms with Gasteiger partial charge in [0.25, 0.3) is 0 Å². The molecule has 1 saturated heterocycles. The molecule has 186 valence electrons. The molecule has 3 aromatic carbocycles. The fourth-order valence-electron chi connectivity index (χ4n) is 4.78. The van der Waals surface area contributed by atoms with Crippen molar-refractivity contribution in [1.82, 2.24) is 4.90 Å². The van der Waals surface area contributed by atoms with Gasteiger partial charge in [-0.2, -0.15) is 0 Å². The minimum Gasteiger partial charge on any atom is -0.508 e. The third kappa shape index (κ3) is 5.55. The Morgan fingerprint density at radius 3 is 2.33 bits per heavy atom. The number of rotatable bonds is 10. The van der Waals surface area contributed by atoms with E-state index in [9.17, 15) is 15.0 Å². The van der Waals surface area contributed by atoms with Gasteiger partial charge in [-0.05, 0) is 124 Å². The molecule has 1 aromatic heterocycles. The Bertz CT molecular complexity index is 1320. The number of likely N-dealkylation sites (tertiary alicyclic amines) is 1. The third-order valence-electron chi connectivity index (χ3n) is 6.73. The van der Waals surface area contributed by atoms with Gasteiger partial charge >= 0.3 is 0 Å². The van der Waals surface area contributed by atoms with Crippen molar-refractivity contribution in [2.75, 3.05) is 26.2 Å². The largest absolute Gasteiger partial charge is 0.508 e. The number of unbranched alkanes of at least 4 members (excludes halogenated alkanes) is 2. The van der Waals surface area contributed by atoms with Crippen LogP contribution < -0.4 is 4.74 Å². The van der Waals surface area contributed by atoms with Crippen LogP contribution in [0.2, 0.25) is 0 Å². The summed E-state index contributed by atoms with van der Waals surface area (Å²) in [6.45, 7) is 4.38. The van der Waals surface area contributed by atoms with Crippen LogP contribution in [0, 0.1) is 0 Å². The first-order chi connectivity index (χ1) is 17.6. The second kappa shape index (κ2) is 11.1. The second-order valence-electron chi connectivity index (χ2n) is 9.34. The first kappa shape index (κ1) is 24.3. The summed E-state index contributed by atoms with van der Waals surface area (Å²) in [6, 6.07) is 19.3. The molecule has 0 amide bonds. The SMILES string of the molecule is O=C(c1ccc(OCCCCCN2CCCC2)cc1)c1c(-c2ccc(O)cc2)sc2cc(O)ccc12. The molecule has 0 bridgehead atoms. The number of ketones is 1. The van der Waals surface area contributed by atoms with Crippen LogP contribution >= 0.6 is 11.3 Å². The van der Waals surface area contributed by atoms with Crippen LogP contribution in [0.25, 0.3) is 20.5 Å². The predicted octanol–water partition coefficient (Wildman–Crippen LogP) is 6.86. The lowest BCUT2D eigenvalue weighted by molar-refractivity contribution is 0.104. The second-order valence-corrected chi connectivity index (χ2v) is 10.4. The highest BCUT2D eigenvalue weighted by atomic mass is 32.1. The Labute approximate surface area is 215 Å². The average Bonchev–Trinajstić information content (AvgIpc) is 3.54. The monoisotopic (exact) mass is 501 g/mol. The van der Waals surface area contributed by atoms with Crippen LogP contribution in [-0.4, -0.2) is 47.1 Å². The molecule has 36 heavy (non-hydrogen) atoms. The van der Waals surface area contributed by atoms with Crippen LogP contribution in [0.15, 0.2) is 66.7 Å². The molecule has 5 rings (SSSR count). The Morgan fingerprint density at radius 1 is 0.861 bits per heavy atom. The maximum absolute atomic E-state index is 13.7. The van der Waals surface area contributed by atoms with Gasteiger partial charge in [0.2, 0.25) is 0 Å². The molecule has 1 aliphatic rings. The summed E-state index contributed by atoms with van der Waals surface area (Å²) in [6.07, 6.45) is 6.08. The number of hydrogen-bond acceptors (Lipinski definition) is 6. The van der Waals surface area contributed by atoms with E-state index in [0.29, 0.717) is 17.7 Å². The first-order valence-electron chi connectivity index (χ1n) is 12.6. The number of phenolic OH excluding ortho intramolecular Hbond substituents is 2. The standard InChI is InChI=1S/C30H31NO4S/c32-23-10-6-22(7-11-23)30-28(26-15-12-24(33)20-27(26)36-30)29(34)21-8-13-25(14-9-21)35-19-5-1-2-16-31-17-3-4-18-31/h6-15,20,32-33H,1-5,16-19H2. The molecular formula is C30H31NO4S. The zero-order valence-corrected chi connectivity index (χ0v) is 21.1. The van der Waals surface area contributed by atoms with Crippen LogP contribution in [0.1, 0.15) is 48.0 Å². The Morgan fingerprint density at radius 2 is 1.58 bits per heavy atom. The van der Waals surface area contributed by atoms with Crippen LogP contribution in [0.5, 0.6) is 17.2 Å². The van der Waals surface area contributed by atoms with Gasteiger partial charge in [0.1, 0.15) is 17.2 Å². The number of fused-ring (bicyclic) bond motifs is 1. The van der Waals surface area contributed by atoms with Gasteiger partial charge in [0.05, 0.1) is 6.61 Å². The average molecular weight is 502 g/mol. The number of thiophene rings is 1. The summed E-state index contributed by atoms with van der Waals surface area (Å²) < 4.78 is 6.76. The van der Waals surface area contributed by atoms with Crippen LogP contribution in [0.3, 0.4) is 0 Å². The van der Waals surface area contributed by atoms with E-state index < -0.39 is 0 Å². The summed E-state index contributed by atoms with van der Waals surface area (Å²) >= 11 is 1.46. The summed E-state index contributed by atoms with van der Waals surface area (Å²) in [5.41, 5.74) is 2.04. The van der Waals surface area contributed by atoms with E-state index >= 15 is 0 Å². The van der Waals surface area contributed by atoms with Crippen molar-refractivity contribution in [3.63, 3.8) is 0 Å². The van der Waals surface area contributed by atoms with Gasteiger partial charge in [0.15, 0.2) is 5.78 Å². The van der Waals surface area contributed by atoms with E-state index in [1.807, 2.05) is 24.3 Å². The minimum absolute atomic E-state index is 0.0801. The molecule has 0 unspecified atom stereocenters. The molecule has 0 radical (unpaired) electrons. The van der Waals surface area contributed by atoms with Gasteiger partial charge in [-0.25, -0.2) is 0 Å². The smallest absolute Gasteiger partial charge is 0.195 e. The van der Waals surface area contributed by atoms with E-state index in [1.54, 1.807) is 42.5 Å². The van der Waals surface area contributed by atoms with Crippen molar-refractivity contribution >= 4 is 27.2 Å². The molecule has 6 heteroatoms. The van der Waals surface area contributed by atoms with Crippen LogP contribution in [-0.2, 0) is 0 Å². The number of aromatic hydroxyl groups is 2. The Hall–Kier alpha value is -3.35. The lowest BCUT2D eigenvalue weighted by atomic mass is 9.97. The fourth-order valence-corrected chi connectivity index (χ4v) is 6.02. The van der Waals surface area contributed by atoms with E-state index in [0.717, 1.165) is 39.1 Å². The summed E-state index contributed by atoms with van der Waals surface area (Å²) in [5.74, 6) is 1.03. The molecular weight excluding hydrogens is 470 g/mol. The minimum atomic E-state index is -0.0801. The molecule has 4 aromatic rings. The van der Waals surface area contributed by atoms with Crippen molar-refractivity contribution in [3.05, 3.63) is 77.9 Å². The van der Waals surface area contributed by atoms with Crippen molar-refractivity contribution in [1.29, 1.82) is 0 Å². The number of hydrogen-bond donors (Lipinski definition) is 2. The van der Waals surface area contributed by atoms with Crippen molar-refractivity contribution in [2.45, 2.75) is 32.1 Å². The molecule has 2 N–H and O–H groups in total. The van der Waals surface area contributed by atoms with E-state index in [1.165, 1.54) is 50.2 Å². The highest BCUT2D eigenvalue weighted by Crippen LogP contribution is 2.41. The number of phenols is 2. The molecule has 0 atom stereocenters. The molecule has 2 heterocycles. The zero-order chi connectivity index (χ0) is 24.9. The maximum atomic E-state index is 13.7. The van der Waals surface area contributed by atoms with E-state index in [-0.39, 0.29) is 17.3 Å². The molecule has 0 aliphatic carbocycles.